The van der Waals surface area contributed by atoms with Gasteiger partial charge >= 0.3 is 0 Å². The van der Waals surface area contributed by atoms with E-state index in [2.05, 4.69) is 36.0 Å². The minimum absolute atomic E-state index is 0.0881. The summed E-state index contributed by atoms with van der Waals surface area (Å²) in [5.74, 6) is 0.771. The predicted octanol–water partition coefficient (Wildman–Crippen LogP) is 2.88. The second kappa shape index (κ2) is 7.11. The highest BCUT2D eigenvalue weighted by molar-refractivity contribution is 7.18. The first-order valence-corrected chi connectivity index (χ1v) is 8.70. The molecule has 0 saturated carbocycles. The first-order chi connectivity index (χ1) is 10.1. The SMILES string of the molecule is CCC(CC)C(C)NC(=O)c1sc(N2CCCC2)nc1N. The largest absolute Gasteiger partial charge is 0.382 e. The van der Waals surface area contributed by atoms with E-state index < -0.39 is 0 Å². The molecule has 0 spiro atoms. The number of carbonyl (C=O) groups excluding carboxylic acids is 1. The smallest absolute Gasteiger partial charge is 0.265 e. The van der Waals surface area contributed by atoms with E-state index in [4.69, 9.17) is 5.73 Å². The zero-order valence-corrected chi connectivity index (χ0v) is 14.0. The number of hydrogen-bond acceptors (Lipinski definition) is 5. The molecule has 1 saturated heterocycles. The summed E-state index contributed by atoms with van der Waals surface area (Å²) in [4.78, 5) is 19.5. The van der Waals surface area contributed by atoms with Crippen LogP contribution in [0.3, 0.4) is 0 Å². The Balaban J connectivity index is 2.05. The van der Waals surface area contributed by atoms with Crippen LogP contribution in [0.2, 0.25) is 0 Å². The van der Waals surface area contributed by atoms with E-state index in [1.807, 2.05) is 0 Å². The van der Waals surface area contributed by atoms with Gasteiger partial charge in [-0.3, -0.25) is 4.79 Å². The van der Waals surface area contributed by atoms with Crippen molar-refractivity contribution in [3.8, 4) is 0 Å². The summed E-state index contributed by atoms with van der Waals surface area (Å²) < 4.78 is 0. The molecule has 1 aromatic heterocycles. The zero-order valence-electron chi connectivity index (χ0n) is 13.2. The van der Waals surface area contributed by atoms with E-state index in [0.717, 1.165) is 31.1 Å². The molecular weight excluding hydrogens is 284 g/mol. The van der Waals surface area contributed by atoms with E-state index in [-0.39, 0.29) is 11.9 Å². The summed E-state index contributed by atoms with van der Waals surface area (Å²) >= 11 is 1.41. The third-order valence-electron chi connectivity index (χ3n) is 4.34. The number of amides is 1. The molecule has 6 heteroatoms. The number of nitrogen functional groups attached to an aromatic ring is 1. The van der Waals surface area contributed by atoms with Gasteiger partial charge in [0.05, 0.1) is 0 Å². The number of nitrogens with one attached hydrogen (secondary N) is 1. The number of nitrogens with two attached hydrogens (primary N) is 1. The molecule has 2 heterocycles. The second-order valence-corrected chi connectivity index (χ2v) is 6.72. The van der Waals surface area contributed by atoms with Gasteiger partial charge in [0.25, 0.3) is 5.91 Å². The van der Waals surface area contributed by atoms with Crippen molar-refractivity contribution in [3.63, 3.8) is 0 Å². The fraction of sp³-hybridized carbons (Fsp3) is 0.733. The van der Waals surface area contributed by atoms with Crippen LogP contribution in [0.4, 0.5) is 10.9 Å². The summed E-state index contributed by atoms with van der Waals surface area (Å²) in [6.45, 7) is 8.40. The predicted molar refractivity (Wildman–Crippen MR) is 89.0 cm³/mol. The van der Waals surface area contributed by atoms with Crippen molar-refractivity contribution in [2.45, 2.75) is 52.5 Å². The Bertz CT molecular complexity index is 478. The number of carbonyl (C=O) groups is 1. The zero-order chi connectivity index (χ0) is 15.4. The number of aromatic nitrogens is 1. The van der Waals surface area contributed by atoms with E-state index >= 15 is 0 Å². The fourth-order valence-corrected chi connectivity index (χ4v) is 3.85. The van der Waals surface area contributed by atoms with Crippen molar-refractivity contribution in [2.75, 3.05) is 23.7 Å². The Morgan fingerprint density at radius 2 is 2.00 bits per heavy atom. The number of anilines is 2. The average molecular weight is 310 g/mol. The van der Waals surface area contributed by atoms with Gasteiger partial charge in [0, 0.05) is 19.1 Å². The number of thiazole rings is 1. The number of nitrogens with zero attached hydrogens (tertiary/aromatic N) is 2. The van der Waals surface area contributed by atoms with Crippen molar-refractivity contribution in [1.82, 2.24) is 10.3 Å². The third kappa shape index (κ3) is 3.67. The Labute approximate surface area is 130 Å². The van der Waals surface area contributed by atoms with Gasteiger partial charge in [-0.1, -0.05) is 38.0 Å². The third-order valence-corrected chi connectivity index (χ3v) is 5.47. The molecule has 1 amide bonds. The molecule has 0 aliphatic carbocycles. The molecular formula is C15H26N4OS. The van der Waals surface area contributed by atoms with Crippen LogP contribution in [0, 0.1) is 5.92 Å². The second-order valence-electron chi connectivity index (χ2n) is 5.74. The van der Waals surface area contributed by atoms with Crippen LogP contribution >= 0.6 is 11.3 Å². The van der Waals surface area contributed by atoms with Gasteiger partial charge in [0.2, 0.25) is 0 Å². The lowest BCUT2D eigenvalue weighted by Crippen LogP contribution is -2.37. The van der Waals surface area contributed by atoms with Crippen molar-refractivity contribution >= 4 is 28.2 Å². The van der Waals surface area contributed by atoms with Crippen molar-refractivity contribution < 1.29 is 4.79 Å². The van der Waals surface area contributed by atoms with Crippen LogP contribution in [0.15, 0.2) is 0 Å². The van der Waals surface area contributed by atoms with E-state index in [1.165, 1.54) is 24.2 Å². The number of rotatable bonds is 6. The lowest BCUT2D eigenvalue weighted by atomic mass is 9.95. The molecule has 0 aromatic carbocycles. The Hall–Kier alpha value is -1.30. The number of hydrogen-bond donors (Lipinski definition) is 2. The average Bonchev–Trinajstić information content (AvgIpc) is 3.08. The molecule has 0 radical (unpaired) electrons. The minimum Gasteiger partial charge on any atom is -0.382 e. The summed E-state index contributed by atoms with van der Waals surface area (Å²) in [5, 5.41) is 3.96. The van der Waals surface area contributed by atoms with Gasteiger partial charge in [-0.2, -0.15) is 0 Å². The Morgan fingerprint density at radius 3 is 2.57 bits per heavy atom. The first kappa shape index (κ1) is 16.1. The lowest BCUT2D eigenvalue weighted by Gasteiger charge is -2.22. The first-order valence-electron chi connectivity index (χ1n) is 7.88. The summed E-state index contributed by atoms with van der Waals surface area (Å²) in [6.07, 6.45) is 4.50. The van der Waals surface area contributed by atoms with Crippen LogP contribution in [0.1, 0.15) is 56.1 Å². The van der Waals surface area contributed by atoms with Crippen LogP contribution in [-0.4, -0.2) is 30.0 Å². The highest BCUT2D eigenvalue weighted by Crippen LogP contribution is 2.30. The van der Waals surface area contributed by atoms with Crippen molar-refractivity contribution in [2.24, 2.45) is 5.92 Å². The van der Waals surface area contributed by atoms with E-state index in [9.17, 15) is 4.79 Å². The summed E-state index contributed by atoms with van der Waals surface area (Å²) in [5.41, 5.74) is 5.94. The maximum Gasteiger partial charge on any atom is 0.265 e. The van der Waals surface area contributed by atoms with Gasteiger partial charge in [-0.05, 0) is 25.7 Å². The molecule has 2 rings (SSSR count). The molecule has 1 atom stereocenters. The standard InChI is InChI=1S/C15H26N4OS/c1-4-11(5-2)10(3)17-14(20)12-13(16)18-15(21-12)19-8-6-7-9-19/h10-11H,4-9,16H2,1-3H3,(H,17,20). The van der Waals surface area contributed by atoms with Gasteiger partial charge < -0.3 is 16.0 Å². The molecule has 5 nitrogen and oxygen atoms in total. The van der Waals surface area contributed by atoms with E-state index in [0.29, 0.717) is 16.6 Å². The molecule has 1 unspecified atom stereocenters. The monoisotopic (exact) mass is 310 g/mol. The van der Waals surface area contributed by atoms with Crippen LogP contribution < -0.4 is 16.0 Å². The topological polar surface area (TPSA) is 71.2 Å². The molecule has 1 aromatic rings. The van der Waals surface area contributed by atoms with Crippen LogP contribution in [0.5, 0.6) is 0 Å². The van der Waals surface area contributed by atoms with Crippen molar-refractivity contribution in [3.05, 3.63) is 4.88 Å². The molecule has 1 aliphatic rings. The van der Waals surface area contributed by atoms with Crippen LogP contribution in [0.25, 0.3) is 0 Å². The molecule has 3 N–H and O–H groups in total. The van der Waals surface area contributed by atoms with E-state index in [1.54, 1.807) is 0 Å². The van der Waals surface area contributed by atoms with Gasteiger partial charge in [-0.25, -0.2) is 4.98 Å². The highest BCUT2D eigenvalue weighted by Gasteiger charge is 2.23. The lowest BCUT2D eigenvalue weighted by molar-refractivity contribution is 0.0930. The van der Waals surface area contributed by atoms with Gasteiger partial charge in [0.1, 0.15) is 10.7 Å². The summed E-state index contributed by atoms with van der Waals surface area (Å²) in [7, 11) is 0. The molecule has 1 fully saturated rings. The maximum absolute atomic E-state index is 12.4. The molecule has 0 bridgehead atoms. The Kier molecular flexibility index (Phi) is 5.45. The molecule has 1 aliphatic heterocycles. The minimum atomic E-state index is -0.0881. The summed E-state index contributed by atoms with van der Waals surface area (Å²) in [6, 6.07) is 0.157. The molecule has 118 valence electrons. The fourth-order valence-electron chi connectivity index (χ4n) is 2.91. The Morgan fingerprint density at radius 1 is 1.38 bits per heavy atom. The highest BCUT2D eigenvalue weighted by atomic mass is 32.1. The van der Waals surface area contributed by atoms with Crippen LogP contribution in [-0.2, 0) is 0 Å². The normalized spacial score (nSPS) is 16.5. The van der Waals surface area contributed by atoms with Crippen molar-refractivity contribution in [1.29, 1.82) is 0 Å². The van der Waals surface area contributed by atoms with Gasteiger partial charge in [0.15, 0.2) is 5.13 Å². The quantitative estimate of drug-likeness (QED) is 0.847. The van der Waals surface area contributed by atoms with Gasteiger partial charge in [-0.15, -0.1) is 0 Å². The maximum atomic E-state index is 12.4. The molecule has 21 heavy (non-hydrogen) atoms.